The largest absolute Gasteiger partial charge is 0.481 e. The maximum atomic E-state index is 14.1. The summed E-state index contributed by atoms with van der Waals surface area (Å²) < 4.78 is 26.5. The first-order valence-electron chi connectivity index (χ1n) is 11.0. The molecule has 5 heterocycles. The Bertz CT molecular complexity index is 1400. The van der Waals surface area contributed by atoms with E-state index in [0.717, 1.165) is 29.9 Å². The number of halogens is 1. The minimum absolute atomic E-state index is 0.191. The molecule has 0 atom stereocenters. The van der Waals surface area contributed by atoms with Crippen LogP contribution in [0.1, 0.15) is 12.8 Å². The average molecular weight is 459 g/mol. The van der Waals surface area contributed by atoms with E-state index in [4.69, 9.17) is 19.4 Å². The lowest BCUT2D eigenvalue weighted by Gasteiger charge is -2.32. The molecule has 0 aliphatic carbocycles. The fourth-order valence-electron chi connectivity index (χ4n) is 4.49. The number of hydrogen-bond donors (Lipinski definition) is 1. The minimum atomic E-state index is -0.353. The zero-order valence-corrected chi connectivity index (χ0v) is 18.5. The van der Waals surface area contributed by atoms with Gasteiger partial charge in [-0.3, -0.25) is 4.57 Å². The van der Waals surface area contributed by atoms with Crippen LogP contribution < -0.4 is 15.0 Å². The van der Waals surface area contributed by atoms with Crippen LogP contribution in [-0.4, -0.2) is 50.9 Å². The van der Waals surface area contributed by atoms with Crippen molar-refractivity contribution in [3.63, 3.8) is 0 Å². The fourth-order valence-corrected chi connectivity index (χ4v) is 4.49. The first-order chi connectivity index (χ1) is 16.6. The molecular formula is C24H22FN7O2. The van der Waals surface area contributed by atoms with Gasteiger partial charge in [0.2, 0.25) is 11.8 Å². The van der Waals surface area contributed by atoms with Gasteiger partial charge >= 0.3 is 0 Å². The smallest absolute Gasteiger partial charge is 0.238 e. The Hall–Kier alpha value is -4.05. The lowest BCUT2D eigenvalue weighted by Crippen LogP contribution is -2.38. The van der Waals surface area contributed by atoms with Crippen LogP contribution in [-0.2, 0) is 4.74 Å². The molecule has 0 spiro atoms. The SMILES string of the molecule is C=C1Nc2c(-c3ccc(OC)nc3)nc(-n3cnc4ccc(F)cc43)nc2N1C1CCOCC1. The second-order valence-electron chi connectivity index (χ2n) is 8.19. The summed E-state index contributed by atoms with van der Waals surface area (Å²) in [4.78, 5) is 20.6. The topological polar surface area (TPSA) is 90.2 Å². The van der Waals surface area contributed by atoms with E-state index in [0.29, 0.717) is 47.6 Å². The van der Waals surface area contributed by atoms with Crippen molar-refractivity contribution in [1.82, 2.24) is 24.5 Å². The fraction of sp³-hybridized carbons (Fsp3) is 0.250. The van der Waals surface area contributed by atoms with Crippen molar-refractivity contribution in [2.24, 2.45) is 0 Å². The molecule has 4 aromatic rings. The highest BCUT2D eigenvalue weighted by Crippen LogP contribution is 2.43. The van der Waals surface area contributed by atoms with Gasteiger partial charge in [0, 0.05) is 43.1 Å². The van der Waals surface area contributed by atoms with Gasteiger partial charge in [0.15, 0.2) is 5.82 Å². The molecule has 0 bridgehead atoms. The number of hydrogen-bond acceptors (Lipinski definition) is 8. The van der Waals surface area contributed by atoms with Crippen molar-refractivity contribution < 1.29 is 13.9 Å². The molecular weight excluding hydrogens is 437 g/mol. The number of imidazole rings is 1. The van der Waals surface area contributed by atoms with E-state index >= 15 is 0 Å². The van der Waals surface area contributed by atoms with Crippen molar-refractivity contribution in [1.29, 1.82) is 0 Å². The van der Waals surface area contributed by atoms with Crippen LogP contribution in [0, 0.1) is 5.82 Å². The molecule has 10 heteroatoms. The first kappa shape index (κ1) is 20.5. The van der Waals surface area contributed by atoms with Crippen LogP contribution in [0.15, 0.2) is 55.3 Å². The van der Waals surface area contributed by atoms with Crippen LogP contribution in [0.3, 0.4) is 0 Å². The van der Waals surface area contributed by atoms with Crippen LogP contribution in [0.5, 0.6) is 5.88 Å². The number of methoxy groups -OCH3 is 1. The van der Waals surface area contributed by atoms with Crippen LogP contribution in [0.2, 0.25) is 0 Å². The van der Waals surface area contributed by atoms with Crippen molar-refractivity contribution in [2.45, 2.75) is 18.9 Å². The van der Waals surface area contributed by atoms with E-state index in [9.17, 15) is 4.39 Å². The zero-order chi connectivity index (χ0) is 23.2. The normalized spacial score (nSPS) is 16.1. The molecule has 9 nitrogen and oxygen atoms in total. The van der Waals surface area contributed by atoms with Crippen molar-refractivity contribution in [3.05, 3.63) is 61.1 Å². The summed E-state index contributed by atoms with van der Waals surface area (Å²) in [5.74, 6) is 1.98. The third kappa shape index (κ3) is 3.34. The summed E-state index contributed by atoms with van der Waals surface area (Å²) in [6.45, 7) is 5.61. The second kappa shape index (κ2) is 8.07. The number of anilines is 2. The van der Waals surface area contributed by atoms with Crippen LogP contribution in [0.25, 0.3) is 28.2 Å². The quantitative estimate of drug-likeness (QED) is 0.491. The van der Waals surface area contributed by atoms with Gasteiger partial charge in [-0.2, -0.15) is 4.98 Å². The number of benzene rings is 1. The molecule has 2 aliphatic heterocycles. The van der Waals surface area contributed by atoms with Gasteiger partial charge in [0.05, 0.1) is 18.1 Å². The second-order valence-corrected chi connectivity index (χ2v) is 8.19. The van der Waals surface area contributed by atoms with E-state index < -0.39 is 0 Å². The summed E-state index contributed by atoms with van der Waals surface area (Å²) in [6, 6.07) is 8.33. The third-order valence-electron chi connectivity index (χ3n) is 6.17. The highest BCUT2D eigenvalue weighted by Gasteiger charge is 2.35. The zero-order valence-electron chi connectivity index (χ0n) is 18.5. The van der Waals surface area contributed by atoms with Crippen molar-refractivity contribution in [2.75, 3.05) is 30.5 Å². The number of ether oxygens (including phenoxy) is 2. The van der Waals surface area contributed by atoms with Crippen LogP contribution in [0.4, 0.5) is 15.9 Å². The Morgan fingerprint density at radius 2 is 2.00 bits per heavy atom. The van der Waals surface area contributed by atoms with Gasteiger partial charge in [-0.15, -0.1) is 0 Å². The lowest BCUT2D eigenvalue weighted by molar-refractivity contribution is 0.0859. The maximum absolute atomic E-state index is 14.1. The van der Waals surface area contributed by atoms with Gasteiger partial charge < -0.3 is 19.7 Å². The van der Waals surface area contributed by atoms with Crippen molar-refractivity contribution in [3.8, 4) is 23.1 Å². The third-order valence-corrected chi connectivity index (χ3v) is 6.17. The molecule has 3 aromatic heterocycles. The summed E-state index contributed by atoms with van der Waals surface area (Å²) in [5, 5.41) is 3.38. The molecule has 1 saturated heterocycles. The minimum Gasteiger partial charge on any atom is -0.481 e. The van der Waals surface area contributed by atoms with E-state index in [1.165, 1.54) is 12.1 Å². The number of aromatic nitrogens is 5. The summed E-state index contributed by atoms with van der Waals surface area (Å²) in [7, 11) is 1.57. The highest BCUT2D eigenvalue weighted by molar-refractivity contribution is 5.90. The summed E-state index contributed by atoms with van der Waals surface area (Å²) in [6.07, 6.45) is 5.03. The lowest BCUT2D eigenvalue weighted by atomic mass is 10.1. The molecule has 172 valence electrons. The predicted octanol–water partition coefficient (Wildman–Crippen LogP) is 3.91. The Kier molecular flexibility index (Phi) is 4.88. The Morgan fingerprint density at radius 1 is 1.15 bits per heavy atom. The van der Waals surface area contributed by atoms with Gasteiger partial charge in [-0.05, 0) is 31.0 Å². The van der Waals surface area contributed by atoms with Crippen molar-refractivity contribution >= 4 is 22.5 Å². The molecule has 1 N–H and O–H groups in total. The van der Waals surface area contributed by atoms with E-state index in [1.807, 2.05) is 6.07 Å². The standard InChI is InChI=1S/C24H22FN7O2/c1-14-28-22-21(15-3-6-20(33-2)26-12-15)29-24(30-23(22)32(14)17-7-9-34-10-8-17)31-13-27-18-5-4-16(25)11-19(18)31/h3-6,11-13,17,28H,1,7-10H2,2H3. The van der Waals surface area contributed by atoms with Gasteiger partial charge in [-0.1, -0.05) is 6.58 Å². The van der Waals surface area contributed by atoms with E-state index in [-0.39, 0.29) is 11.9 Å². The molecule has 1 fully saturated rings. The van der Waals surface area contributed by atoms with Gasteiger partial charge in [0.1, 0.15) is 29.3 Å². The number of nitrogens with one attached hydrogen (secondary N) is 1. The molecule has 0 amide bonds. The molecule has 0 unspecified atom stereocenters. The Morgan fingerprint density at radius 3 is 2.76 bits per heavy atom. The molecule has 2 aliphatic rings. The van der Waals surface area contributed by atoms with E-state index in [1.54, 1.807) is 36.3 Å². The number of pyridine rings is 1. The number of fused-ring (bicyclic) bond motifs is 2. The molecule has 1 aromatic carbocycles. The molecule has 0 saturated carbocycles. The average Bonchev–Trinajstić information content (AvgIpc) is 3.43. The summed E-state index contributed by atoms with van der Waals surface area (Å²) >= 11 is 0. The predicted molar refractivity (Wildman–Crippen MR) is 125 cm³/mol. The summed E-state index contributed by atoms with van der Waals surface area (Å²) in [5.41, 5.74) is 3.43. The van der Waals surface area contributed by atoms with Crippen LogP contribution >= 0.6 is 0 Å². The Labute approximate surface area is 194 Å². The molecule has 0 radical (unpaired) electrons. The maximum Gasteiger partial charge on any atom is 0.238 e. The number of rotatable bonds is 4. The van der Waals surface area contributed by atoms with Gasteiger partial charge in [-0.25, -0.2) is 19.3 Å². The molecule has 34 heavy (non-hydrogen) atoms. The van der Waals surface area contributed by atoms with Gasteiger partial charge in [0.25, 0.3) is 0 Å². The number of nitrogens with zero attached hydrogens (tertiary/aromatic N) is 6. The Balaban J connectivity index is 1.56. The molecule has 6 rings (SSSR count). The monoisotopic (exact) mass is 459 g/mol. The van der Waals surface area contributed by atoms with E-state index in [2.05, 4.69) is 26.8 Å². The first-order valence-corrected chi connectivity index (χ1v) is 11.0. The highest BCUT2D eigenvalue weighted by atomic mass is 19.1.